The predicted octanol–water partition coefficient (Wildman–Crippen LogP) is 1.79. The van der Waals surface area contributed by atoms with Gasteiger partial charge in [-0.2, -0.15) is 0 Å². The summed E-state index contributed by atoms with van der Waals surface area (Å²) in [7, 11) is 0. The molecule has 1 aromatic carbocycles. The van der Waals surface area contributed by atoms with Gasteiger partial charge in [-0.15, -0.1) is 0 Å². The molecular weight excluding hydrogens is 330 g/mol. The molecule has 1 saturated heterocycles. The van der Waals surface area contributed by atoms with Crippen LogP contribution in [-0.4, -0.2) is 47.2 Å². The average Bonchev–Trinajstić information content (AvgIpc) is 2.72. The summed E-state index contributed by atoms with van der Waals surface area (Å²) in [6.07, 6.45) is 4.99. The molecule has 7 heteroatoms. The van der Waals surface area contributed by atoms with E-state index in [9.17, 15) is 4.79 Å². The number of amides is 1. The average molecular weight is 349 g/mol. The van der Waals surface area contributed by atoms with Crippen LogP contribution in [0.4, 0.5) is 5.82 Å². The summed E-state index contributed by atoms with van der Waals surface area (Å²) < 4.78 is 5.41. The quantitative estimate of drug-likeness (QED) is 0.773. The van der Waals surface area contributed by atoms with Crippen molar-refractivity contribution in [3.63, 3.8) is 0 Å². The Bertz CT molecular complexity index is 919. The highest BCUT2D eigenvalue weighted by Crippen LogP contribution is 2.19. The Hall–Kier alpha value is -3.06. The maximum absolute atomic E-state index is 12.7. The third-order valence-corrected chi connectivity index (χ3v) is 4.36. The molecule has 0 atom stereocenters. The van der Waals surface area contributed by atoms with E-state index < -0.39 is 0 Å². The number of fused-ring (bicyclic) bond motifs is 1. The minimum atomic E-state index is -0.173. The Balaban J connectivity index is 1.53. The lowest BCUT2D eigenvalue weighted by Crippen LogP contribution is -2.37. The largest absolute Gasteiger partial charge is 0.378 e. The van der Waals surface area contributed by atoms with Crippen molar-refractivity contribution >= 4 is 22.8 Å². The fraction of sp³-hybridized carbons (Fsp3) is 0.263. The van der Waals surface area contributed by atoms with Crippen molar-refractivity contribution in [1.82, 2.24) is 20.3 Å². The Labute approximate surface area is 151 Å². The summed E-state index contributed by atoms with van der Waals surface area (Å²) >= 11 is 0. The van der Waals surface area contributed by atoms with Crippen molar-refractivity contribution in [3.05, 3.63) is 60.0 Å². The second-order valence-corrected chi connectivity index (χ2v) is 6.00. The van der Waals surface area contributed by atoms with Gasteiger partial charge in [0, 0.05) is 43.8 Å². The smallest absolute Gasteiger partial charge is 0.253 e. The molecule has 1 aliphatic heterocycles. The Morgan fingerprint density at radius 2 is 1.88 bits per heavy atom. The maximum Gasteiger partial charge on any atom is 0.253 e. The van der Waals surface area contributed by atoms with Crippen molar-refractivity contribution < 1.29 is 9.53 Å². The van der Waals surface area contributed by atoms with Gasteiger partial charge in [-0.05, 0) is 18.2 Å². The van der Waals surface area contributed by atoms with Crippen LogP contribution in [0.15, 0.2) is 48.9 Å². The molecule has 3 heterocycles. The van der Waals surface area contributed by atoms with Crippen LogP contribution >= 0.6 is 0 Å². The molecule has 0 radical (unpaired) electrons. The minimum Gasteiger partial charge on any atom is -0.378 e. The maximum atomic E-state index is 12.7. The molecule has 1 amide bonds. The number of hydrogen-bond acceptors (Lipinski definition) is 6. The first kappa shape index (κ1) is 16.4. The molecule has 1 aliphatic rings. The van der Waals surface area contributed by atoms with E-state index in [1.54, 1.807) is 24.7 Å². The SMILES string of the molecule is O=C(NCc1cccnc1N1CCOCC1)c1cccc2nccnc12. The number of benzene rings is 1. The lowest BCUT2D eigenvalue weighted by molar-refractivity contribution is 0.0952. The van der Waals surface area contributed by atoms with E-state index >= 15 is 0 Å². The summed E-state index contributed by atoms with van der Waals surface area (Å²) in [4.78, 5) is 27.9. The Morgan fingerprint density at radius 1 is 1.04 bits per heavy atom. The van der Waals surface area contributed by atoms with Crippen LogP contribution in [0.2, 0.25) is 0 Å². The molecule has 7 nitrogen and oxygen atoms in total. The first-order valence-electron chi connectivity index (χ1n) is 8.57. The number of anilines is 1. The number of nitrogens with zero attached hydrogens (tertiary/aromatic N) is 4. The van der Waals surface area contributed by atoms with Crippen molar-refractivity contribution in [2.75, 3.05) is 31.2 Å². The number of carbonyl (C=O) groups excluding carboxylic acids is 1. The van der Waals surface area contributed by atoms with Gasteiger partial charge in [0.1, 0.15) is 11.3 Å². The Kier molecular flexibility index (Phi) is 4.70. The van der Waals surface area contributed by atoms with Gasteiger partial charge < -0.3 is 15.0 Å². The highest BCUT2D eigenvalue weighted by Gasteiger charge is 2.17. The zero-order valence-electron chi connectivity index (χ0n) is 14.3. The van der Waals surface area contributed by atoms with Crippen LogP contribution in [0.3, 0.4) is 0 Å². The van der Waals surface area contributed by atoms with Crippen molar-refractivity contribution in [3.8, 4) is 0 Å². The van der Waals surface area contributed by atoms with Crippen molar-refractivity contribution in [2.45, 2.75) is 6.54 Å². The van der Waals surface area contributed by atoms with Gasteiger partial charge in [-0.25, -0.2) is 4.98 Å². The van der Waals surface area contributed by atoms with Gasteiger partial charge in [0.05, 0.1) is 24.3 Å². The first-order valence-corrected chi connectivity index (χ1v) is 8.57. The lowest BCUT2D eigenvalue weighted by atomic mass is 10.1. The molecule has 132 valence electrons. The number of morpholine rings is 1. The first-order chi connectivity index (χ1) is 12.8. The molecule has 0 bridgehead atoms. The van der Waals surface area contributed by atoms with Crippen molar-refractivity contribution in [2.24, 2.45) is 0 Å². The fourth-order valence-electron chi connectivity index (χ4n) is 3.07. The Morgan fingerprint density at radius 3 is 2.77 bits per heavy atom. The third-order valence-electron chi connectivity index (χ3n) is 4.36. The molecule has 0 aliphatic carbocycles. The third kappa shape index (κ3) is 3.34. The standard InChI is InChI=1S/C19H19N5O2/c25-19(15-4-1-5-16-17(15)21-8-7-20-16)23-13-14-3-2-6-22-18(14)24-9-11-26-12-10-24/h1-8H,9-13H2,(H,23,25). The highest BCUT2D eigenvalue weighted by atomic mass is 16.5. The molecule has 4 rings (SSSR count). The number of rotatable bonds is 4. The van der Waals surface area contributed by atoms with Crippen molar-refractivity contribution in [1.29, 1.82) is 0 Å². The number of nitrogens with one attached hydrogen (secondary N) is 1. The molecule has 2 aromatic heterocycles. The van der Waals surface area contributed by atoms with E-state index in [0.717, 1.165) is 24.5 Å². The highest BCUT2D eigenvalue weighted by molar-refractivity contribution is 6.04. The normalized spacial score (nSPS) is 14.4. The summed E-state index contributed by atoms with van der Waals surface area (Å²) in [5, 5.41) is 2.98. The van der Waals surface area contributed by atoms with Crippen LogP contribution < -0.4 is 10.2 Å². The summed E-state index contributed by atoms with van der Waals surface area (Å²) in [5.74, 6) is 0.724. The minimum absolute atomic E-state index is 0.173. The van der Waals surface area contributed by atoms with Gasteiger partial charge in [0.2, 0.25) is 0 Å². The van der Waals surface area contributed by atoms with Gasteiger partial charge >= 0.3 is 0 Å². The van der Waals surface area contributed by atoms with Crippen LogP contribution in [0.25, 0.3) is 11.0 Å². The summed E-state index contributed by atoms with van der Waals surface area (Å²) in [6, 6.07) is 9.29. The van der Waals surface area contributed by atoms with Gasteiger partial charge in [-0.1, -0.05) is 12.1 Å². The second kappa shape index (κ2) is 7.45. The second-order valence-electron chi connectivity index (χ2n) is 6.00. The number of para-hydroxylation sites is 1. The molecule has 1 N–H and O–H groups in total. The lowest BCUT2D eigenvalue weighted by Gasteiger charge is -2.29. The number of aromatic nitrogens is 3. The number of pyridine rings is 1. The molecular formula is C19H19N5O2. The van der Waals surface area contributed by atoms with Gasteiger partial charge in [-0.3, -0.25) is 14.8 Å². The topological polar surface area (TPSA) is 80.2 Å². The molecule has 1 fully saturated rings. The monoisotopic (exact) mass is 349 g/mol. The molecule has 26 heavy (non-hydrogen) atoms. The molecule has 0 spiro atoms. The van der Waals surface area contributed by atoms with Gasteiger partial charge in [0.25, 0.3) is 5.91 Å². The van der Waals surface area contributed by atoms with E-state index in [0.29, 0.717) is 36.4 Å². The van der Waals surface area contributed by atoms with Crippen LogP contribution in [0.1, 0.15) is 15.9 Å². The predicted molar refractivity (Wildman–Crippen MR) is 98.0 cm³/mol. The number of ether oxygens (including phenoxy) is 1. The van der Waals surface area contributed by atoms with E-state index in [1.165, 1.54) is 0 Å². The zero-order valence-corrected chi connectivity index (χ0v) is 14.3. The summed E-state index contributed by atoms with van der Waals surface area (Å²) in [6.45, 7) is 3.39. The summed E-state index contributed by atoms with van der Waals surface area (Å²) in [5.41, 5.74) is 2.81. The molecule has 3 aromatic rings. The van der Waals surface area contributed by atoms with E-state index in [4.69, 9.17) is 4.74 Å². The number of carbonyl (C=O) groups is 1. The van der Waals surface area contributed by atoms with E-state index in [1.807, 2.05) is 24.3 Å². The van der Waals surface area contributed by atoms with E-state index in [-0.39, 0.29) is 5.91 Å². The van der Waals surface area contributed by atoms with Crippen LogP contribution in [0.5, 0.6) is 0 Å². The van der Waals surface area contributed by atoms with E-state index in [2.05, 4.69) is 25.2 Å². The molecule has 0 saturated carbocycles. The van der Waals surface area contributed by atoms with Gasteiger partial charge in [0.15, 0.2) is 0 Å². The van der Waals surface area contributed by atoms with Crippen LogP contribution in [0, 0.1) is 0 Å². The zero-order chi connectivity index (χ0) is 17.8. The van der Waals surface area contributed by atoms with Crippen LogP contribution in [-0.2, 0) is 11.3 Å². The fourth-order valence-corrected chi connectivity index (χ4v) is 3.07. The molecule has 0 unspecified atom stereocenters. The number of hydrogen-bond donors (Lipinski definition) is 1.